The molecule has 0 saturated heterocycles. The van der Waals surface area contributed by atoms with Crippen LogP contribution in [0.5, 0.6) is 5.75 Å². The highest BCUT2D eigenvalue weighted by atomic mass is 16.5. The second kappa shape index (κ2) is 9.15. The predicted octanol–water partition coefficient (Wildman–Crippen LogP) is -0.273. The van der Waals surface area contributed by atoms with Gasteiger partial charge in [0.1, 0.15) is 0 Å². The molecule has 7 nitrogen and oxygen atoms in total. The molecule has 1 heterocycles. The number of carbonyl (C=O) groups excluding carboxylic acids is 1. The van der Waals surface area contributed by atoms with Crippen LogP contribution in [0.25, 0.3) is 0 Å². The molecule has 7 heteroatoms. The van der Waals surface area contributed by atoms with Gasteiger partial charge in [-0.2, -0.15) is 0 Å². The average molecular weight is 297 g/mol. The number of rotatable bonds is 9. The van der Waals surface area contributed by atoms with Gasteiger partial charge in [-0.25, -0.2) is 0 Å². The lowest BCUT2D eigenvalue weighted by Crippen LogP contribution is -2.34. The Kier molecular flexibility index (Phi) is 7.49. The fourth-order valence-electron chi connectivity index (χ4n) is 1.64. The van der Waals surface area contributed by atoms with E-state index in [9.17, 15) is 9.59 Å². The van der Waals surface area contributed by atoms with Gasteiger partial charge in [0.2, 0.25) is 0 Å². The molecule has 3 N–H and O–H groups in total. The van der Waals surface area contributed by atoms with Crippen LogP contribution in [-0.2, 0) is 16.1 Å². The lowest BCUT2D eigenvalue weighted by atomic mass is 10.2. The molecule has 0 saturated carbocycles. The number of hydrogen-bond acceptors (Lipinski definition) is 5. The second-order valence-electron chi connectivity index (χ2n) is 4.63. The largest absolute Gasteiger partial charge is 0.478 e. The molecular weight excluding hydrogens is 274 g/mol. The Morgan fingerprint density at radius 3 is 2.95 bits per heavy atom. The molecule has 21 heavy (non-hydrogen) atoms. The quantitative estimate of drug-likeness (QED) is 0.612. The van der Waals surface area contributed by atoms with Gasteiger partial charge in [-0.1, -0.05) is 6.92 Å². The topological polar surface area (TPSA) is 95.6 Å². The second-order valence-corrected chi connectivity index (χ2v) is 4.63. The van der Waals surface area contributed by atoms with Crippen LogP contribution >= 0.6 is 0 Å². The summed E-state index contributed by atoms with van der Waals surface area (Å²) in [4.78, 5) is 23.6. The number of aromatic nitrogens is 1. The molecule has 1 unspecified atom stereocenters. The summed E-state index contributed by atoms with van der Waals surface area (Å²) in [5, 5.41) is 2.61. The van der Waals surface area contributed by atoms with Crippen molar-refractivity contribution in [3.63, 3.8) is 0 Å². The first kappa shape index (κ1) is 17.2. The van der Waals surface area contributed by atoms with E-state index in [4.69, 9.17) is 15.2 Å². The summed E-state index contributed by atoms with van der Waals surface area (Å²) in [7, 11) is 1.55. The highest BCUT2D eigenvalue weighted by Gasteiger charge is 2.09. The van der Waals surface area contributed by atoms with E-state index in [1.807, 2.05) is 6.92 Å². The Bertz CT molecular complexity index is 501. The lowest BCUT2D eigenvalue weighted by molar-refractivity contribution is -0.123. The number of nitrogens with one attached hydrogen (secondary N) is 1. The predicted molar refractivity (Wildman–Crippen MR) is 79.3 cm³/mol. The van der Waals surface area contributed by atoms with Gasteiger partial charge < -0.3 is 25.1 Å². The highest BCUT2D eigenvalue weighted by molar-refractivity contribution is 5.77. The summed E-state index contributed by atoms with van der Waals surface area (Å²) in [5.41, 5.74) is 5.55. The minimum Gasteiger partial charge on any atom is -0.478 e. The maximum absolute atomic E-state index is 12.1. The van der Waals surface area contributed by atoms with Crippen LogP contribution in [-0.4, -0.2) is 43.4 Å². The number of amides is 1. The fraction of sp³-hybridized carbons (Fsp3) is 0.571. The molecule has 1 amide bonds. The van der Waals surface area contributed by atoms with E-state index < -0.39 is 0 Å². The van der Waals surface area contributed by atoms with Gasteiger partial charge in [-0.3, -0.25) is 9.59 Å². The summed E-state index contributed by atoms with van der Waals surface area (Å²) in [6.45, 7) is 3.01. The number of nitrogens with two attached hydrogens (primary N) is 1. The molecule has 0 spiro atoms. The molecule has 1 aromatic rings. The summed E-state index contributed by atoms with van der Waals surface area (Å²) in [6, 6.07) is 3.15. The summed E-state index contributed by atoms with van der Waals surface area (Å²) in [5.74, 6) is -0.158. The van der Waals surface area contributed by atoms with Gasteiger partial charge in [-0.05, 0) is 18.6 Å². The van der Waals surface area contributed by atoms with Gasteiger partial charge in [0, 0.05) is 32.4 Å². The van der Waals surface area contributed by atoms with Crippen LogP contribution < -0.4 is 21.3 Å². The zero-order chi connectivity index (χ0) is 15.7. The molecule has 0 aromatic carbocycles. The van der Waals surface area contributed by atoms with Crippen molar-refractivity contribution in [2.24, 2.45) is 5.73 Å². The number of carbonyl (C=O) groups is 1. The van der Waals surface area contributed by atoms with Crippen molar-refractivity contribution >= 4 is 5.91 Å². The van der Waals surface area contributed by atoms with Crippen LogP contribution in [0.3, 0.4) is 0 Å². The molecule has 0 bridgehead atoms. The van der Waals surface area contributed by atoms with E-state index in [0.29, 0.717) is 19.7 Å². The number of nitrogens with zero attached hydrogens (tertiary/aromatic N) is 1. The van der Waals surface area contributed by atoms with E-state index in [1.54, 1.807) is 25.4 Å². The number of pyridine rings is 1. The van der Waals surface area contributed by atoms with Crippen molar-refractivity contribution in [1.29, 1.82) is 0 Å². The van der Waals surface area contributed by atoms with E-state index in [-0.39, 0.29) is 29.9 Å². The lowest BCUT2D eigenvalue weighted by Gasteiger charge is -2.13. The van der Waals surface area contributed by atoms with Crippen LogP contribution in [0.1, 0.15) is 13.3 Å². The van der Waals surface area contributed by atoms with E-state index >= 15 is 0 Å². The van der Waals surface area contributed by atoms with Crippen molar-refractivity contribution in [2.75, 3.05) is 26.9 Å². The smallest absolute Gasteiger partial charge is 0.292 e. The third-order valence-electron chi connectivity index (χ3n) is 2.93. The summed E-state index contributed by atoms with van der Waals surface area (Å²) >= 11 is 0. The number of methoxy groups -OCH3 is 1. The minimum absolute atomic E-state index is 0.0877. The summed E-state index contributed by atoms with van der Waals surface area (Å²) < 4.78 is 11.6. The van der Waals surface area contributed by atoms with Gasteiger partial charge in [-0.15, -0.1) is 0 Å². The molecule has 0 radical (unpaired) electrons. The van der Waals surface area contributed by atoms with E-state index in [0.717, 1.165) is 6.42 Å². The molecule has 1 aromatic heterocycles. The molecule has 0 fully saturated rings. The SMILES string of the molecule is CCC(N)Cn1cccc(OCC(=O)NCCOC)c1=O. The first-order valence-electron chi connectivity index (χ1n) is 6.92. The molecular formula is C14H23N3O4. The van der Waals surface area contributed by atoms with Gasteiger partial charge in [0.25, 0.3) is 11.5 Å². The molecule has 1 atom stereocenters. The average Bonchev–Trinajstić information content (AvgIpc) is 2.48. The van der Waals surface area contributed by atoms with E-state index in [2.05, 4.69) is 5.32 Å². The van der Waals surface area contributed by atoms with Gasteiger partial charge in [0.05, 0.1) is 6.61 Å². The van der Waals surface area contributed by atoms with Crippen molar-refractivity contribution < 1.29 is 14.3 Å². The molecule has 0 aliphatic carbocycles. The van der Waals surface area contributed by atoms with Crippen LogP contribution in [0.2, 0.25) is 0 Å². The Hall–Kier alpha value is -1.86. The first-order valence-corrected chi connectivity index (χ1v) is 6.92. The molecule has 0 aliphatic rings. The van der Waals surface area contributed by atoms with Crippen molar-refractivity contribution in [3.05, 3.63) is 28.7 Å². The Morgan fingerprint density at radius 1 is 1.52 bits per heavy atom. The van der Waals surface area contributed by atoms with Crippen molar-refractivity contribution in [1.82, 2.24) is 9.88 Å². The zero-order valence-electron chi connectivity index (χ0n) is 12.5. The number of ether oxygens (including phenoxy) is 2. The highest BCUT2D eigenvalue weighted by Crippen LogP contribution is 2.02. The third-order valence-corrected chi connectivity index (χ3v) is 2.93. The fourth-order valence-corrected chi connectivity index (χ4v) is 1.64. The van der Waals surface area contributed by atoms with Gasteiger partial charge in [0.15, 0.2) is 12.4 Å². The normalized spacial score (nSPS) is 12.0. The maximum Gasteiger partial charge on any atom is 0.292 e. The maximum atomic E-state index is 12.1. The Balaban J connectivity index is 2.57. The van der Waals surface area contributed by atoms with Gasteiger partial charge >= 0.3 is 0 Å². The Labute approximate surface area is 124 Å². The summed E-state index contributed by atoms with van der Waals surface area (Å²) in [6.07, 6.45) is 2.43. The standard InChI is InChI=1S/C14H23N3O4/c1-3-11(15)9-17-7-4-5-12(14(17)19)21-10-13(18)16-6-8-20-2/h4-5,7,11H,3,6,8-10,15H2,1-2H3,(H,16,18). The number of hydrogen-bond donors (Lipinski definition) is 2. The van der Waals surface area contributed by atoms with Crippen LogP contribution in [0.15, 0.2) is 23.1 Å². The van der Waals surface area contributed by atoms with Crippen molar-refractivity contribution in [3.8, 4) is 5.75 Å². The molecule has 0 aliphatic heterocycles. The van der Waals surface area contributed by atoms with Crippen LogP contribution in [0, 0.1) is 0 Å². The minimum atomic E-state index is -0.299. The third kappa shape index (κ3) is 5.97. The molecule has 118 valence electrons. The van der Waals surface area contributed by atoms with E-state index in [1.165, 1.54) is 4.57 Å². The zero-order valence-corrected chi connectivity index (χ0v) is 12.5. The first-order chi connectivity index (χ1) is 10.1. The van der Waals surface area contributed by atoms with Crippen LogP contribution in [0.4, 0.5) is 0 Å². The monoisotopic (exact) mass is 297 g/mol. The molecule has 1 rings (SSSR count). The van der Waals surface area contributed by atoms with Crippen molar-refractivity contribution in [2.45, 2.75) is 25.9 Å². The Morgan fingerprint density at radius 2 is 2.29 bits per heavy atom.